The van der Waals surface area contributed by atoms with Crippen molar-refractivity contribution in [2.24, 2.45) is 0 Å². The van der Waals surface area contributed by atoms with Gasteiger partial charge in [-0.15, -0.1) is 0 Å². The topological polar surface area (TPSA) is 76.0 Å². The van der Waals surface area contributed by atoms with E-state index in [0.29, 0.717) is 0 Å². The minimum atomic E-state index is -2.54. The molecule has 0 bridgehead atoms. The molecule has 12 heavy (non-hydrogen) atoms. The highest BCUT2D eigenvalue weighted by atomic mass is 31.2. The van der Waals surface area contributed by atoms with Crippen molar-refractivity contribution in [3.05, 3.63) is 12.7 Å². The SMILES string of the molecule is C=CC(=O)OC(C)(C)OP(O)O. The Kier molecular flexibility index (Phi) is 4.34. The second kappa shape index (κ2) is 4.52. The molecule has 0 heterocycles. The van der Waals surface area contributed by atoms with Crippen LogP contribution >= 0.6 is 8.60 Å². The van der Waals surface area contributed by atoms with E-state index in [9.17, 15) is 4.79 Å². The predicted octanol–water partition coefficient (Wildman–Crippen LogP) is 0.680. The van der Waals surface area contributed by atoms with Gasteiger partial charge >= 0.3 is 14.6 Å². The number of hydrogen-bond donors (Lipinski definition) is 2. The van der Waals surface area contributed by atoms with Crippen molar-refractivity contribution in [3.63, 3.8) is 0 Å². The smallest absolute Gasteiger partial charge is 0.332 e. The summed E-state index contributed by atoms with van der Waals surface area (Å²) in [7, 11) is -2.54. The van der Waals surface area contributed by atoms with Crippen molar-refractivity contribution >= 4 is 14.6 Å². The fourth-order valence-corrected chi connectivity index (χ4v) is 0.930. The molecule has 0 aromatic rings. The van der Waals surface area contributed by atoms with Gasteiger partial charge in [-0.1, -0.05) is 6.58 Å². The van der Waals surface area contributed by atoms with Crippen LogP contribution in [0.5, 0.6) is 0 Å². The lowest BCUT2D eigenvalue weighted by Gasteiger charge is -2.23. The zero-order valence-electron chi connectivity index (χ0n) is 6.85. The van der Waals surface area contributed by atoms with Gasteiger partial charge in [0.25, 0.3) is 0 Å². The van der Waals surface area contributed by atoms with E-state index in [-0.39, 0.29) is 0 Å². The second-order valence-corrected chi connectivity index (χ2v) is 3.06. The Labute approximate surface area is 71.6 Å². The van der Waals surface area contributed by atoms with E-state index in [1.54, 1.807) is 0 Å². The van der Waals surface area contributed by atoms with E-state index < -0.39 is 20.4 Å². The van der Waals surface area contributed by atoms with E-state index >= 15 is 0 Å². The Morgan fingerprint density at radius 2 is 2.08 bits per heavy atom. The first-order chi connectivity index (χ1) is 5.37. The summed E-state index contributed by atoms with van der Waals surface area (Å²) < 4.78 is 9.11. The average molecular weight is 194 g/mol. The second-order valence-electron chi connectivity index (χ2n) is 2.37. The highest BCUT2D eigenvalue weighted by Crippen LogP contribution is 2.32. The molecule has 0 spiro atoms. The van der Waals surface area contributed by atoms with Crippen LogP contribution in [0.4, 0.5) is 0 Å². The summed E-state index contributed by atoms with van der Waals surface area (Å²) in [5.41, 5.74) is 0. The summed E-state index contributed by atoms with van der Waals surface area (Å²) >= 11 is 0. The van der Waals surface area contributed by atoms with Gasteiger partial charge in [-0.25, -0.2) is 4.79 Å². The molecule has 0 aromatic carbocycles. The number of rotatable bonds is 4. The zero-order chi connectivity index (χ0) is 9.78. The van der Waals surface area contributed by atoms with Crippen LogP contribution in [0.1, 0.15) is 13.8 Å². The van der Waals surface area contributed by atoms with Gasteiger partial charge in [-0.3, -0.25) is 4.52 Å². The van der Waals surface area contributed by atoms with Crippen LogP contribution in [0.3, 0.4) is 0 Å². The minimum Gasteiger partial charge on any atom is -0.430 e. The van der Waals surface area contributed by atoms with Crippen molar-refractivity contribution in [2.45, 2.75) is 19.6 Å². The van der Waals surface area contributed by atoms with Crippen LogP contribution in [0.2, 0.25) is 0 Å². The van der Waals surface area contributed by atoms with Crippen LogP contribution in [-0.4, -0.2) is 21.5 Å². The summed E-state index contributed by atoms with van der Waals surface area (Å²) in [6.45, 7) is 5.94. The summed E-state index contributed by atoms with van der Waals surface area (Å²) in [5.74, 6) is -2.03. The van der Waals surface area contributed by atoms with Gasteiger partial charge in [0.15, 0.2) is 0 Å². The molecule has 0 aliphatic carbocycles. The molecule has 0 fully saturated rings. The average Bonchev–Trinajstić information content (AvgIpc) is 1.83. The molecule has 5 nitrogen and oxygen atoms in total. The molecule has 0 saturated carbocycles. The van der Waals surface area contributed by atoms with Crippen molar-refractivity contribution in [1.82, 2.24) is 0 Å². The van der Waals surface area contributed by atoms with Gasteiger partial charge in [0.1, 0.15) is 0 Å². The maximum atomic E-state index is 10.6. The number of carbonyl (C=O) groups excluding carboxylic acids is 1. The monoisotopic (exact) mass is 194 g/mol. The molecule has 2 N–H and O–H groups in total. The van der Waals surface area contributed by atoms with Gasteiger partial charge in [-0.05, 0) is 0 Å². The number of carbonyl (C=O) groups is 1. The first-order valence-corrected chi connectivity index (χ1v) is 4.26. The van der Waals surface area contributed by atoms with Gasteiger partial charge in [0, 0.05) is 19.9 Å². The maximum absolute atomic E-state index is 10.6. The summed E-state index contributed by atoms with van der Waals surface area (Å²) in [6, 6.07) is 0. The molecule has 0 rings (SSSR count). The highest BCUT2D eigenvalue weighted by Gasteiger charge is 2.26. The molecular weight excluding hydrogens is 183 g/mol. The van der Waals surface area contributed by atoms with E-state index in [4.69, 9.17) is 9.79 Å². The summed E-state index contributed by atoms with van der Waals surface area (Å²) in [6.07, 6.45) is 0.960. The number of esters is 1. The normalized spacial score (nSPS) is 11.4. The van der Waals surface area contributed by atoms with Gasteiger partial charge < -0.3 is 14.5 Å². The molecule has 6 heteroatoms. The predicted molar refractivity (Wildman–Crippen MR) is 42.8 cm³/mol. The van der Waals surface area contributed by atoms with E-state index in [0.717, 1.165) is 6.08 Å². The van der Waals surface area contributed by atoms with Crippen molar-refractivity contribution < 1.29 is 23.8 Å². The molecule has 0 radical (unpaired) electrons. The Morgan fingerprint density at radius 3 is 2.42 bits per heavy atom. The molecule has 0 aliphatic rings. The Bertz CT molecular complexity index is 177. The van der Waals surface area contributed by atoms with Gasteiger partial charge in [0.2, 0.25) is 5.79 Å². The van der Waals surface area contributed by atoms with E-state index in [1.807, 2.05) is 0 Å². The van der Waals surface area contributed by atoms with Crippen LogP contribution in [0, 0.1) is 0 Å². The molecule has 0 aliphatic heterocycles. The fourth-order valence-electron chi connectivity index (χ4n) is 0.499. The first-order valence-electron chi connectivity index (χ1n) is 3.10. The van der Waals surface area contributed by atoms with Crippen LogP contribution in [0.15, 0.2) is 12.7 Å². The van der Waals surface area contributed by atoms with E-state index in [1.165, 1.54) is 13.8 Å². The van der Waals surface area contributed by atoms with Crippen molar-refractivity contribution in [2.75, 3.05) is 0 Å². The molecule has 0 atom stereocenters. The lowest BCUT2D eigenvalue weighted by Crippen LogP contribution is -2.28. The Balaban J connectivity index is 4.02. The molecule has 0 unspecified atom stereocenters. The van der Waals surface area contributed by atoms with Crippen molar-refractivity contribution in [3.8, 4) is 0 Å². The molecule has 0 amide bonds. The zero-order valence-corrected chi connectivity index (χ0v) is 7.75. The third-order valence-corrected chi connectivity index (χ3v) is 1.42. The summed E-state index contributed by atoms with van der Waals surface area (Å²) in [4.78, 5) is 27.5. The van der Waals surface area contributed by atoms with Gasteiger partial charge in [0.05, 0.1) is 0 Å². The third-order valence-electron chi connectivity index (χ3n) is 0.815. The van der Waals surface area contributed by atoms with Crippen molar-refractivity contribution in [1.29, 1.82) is 0 Å². The van der Waals surface area contributed by atoms with Crippen LogP contribution in [0.25, 0.3) is 0 Å². The van der Waals surface area contributed by atoms with Gasteiger partial charge in [-0.2, -0.15) is 0 Å². The largest absolute Gasteiger partial charge is 0.430 e. The lowest BCUT2D eigenvalue weighted by molar-refractivity contribution is -0.181. The number of hydrogen-bond acceptors (Lipinski definition) is 5. The van der Waals surface area contributed by atoms with E-state index in [2.05, 4.69) is 15.8 Å². The molecule has 0 saturated heterocycles. The highest BCUT2D eigenvalue weighted by molar-refractivity contribution is 7.39. The van der Waals surface area contributed by atoms with Crippen LogP contribution < -0.4 is 0 Å². The quantitative estimate of drug-likeness (QED) is 0.298. The number of ether oxygens (including phenoxy) is 1. The fraction of sp³-hybridized carbons (Fsp3) is 0.500. The molecular formula is C6H11O5P. The minimum absolute atomic E-state index is 0.683. The third kappa shape index (κ3) is 5.21. The molecule has 0 aromatic heterocycles. The standard InChI is InChI=1S/C6H11O5P/c1-4-5(7)10-6(2,3)11-12(8)9/h4,8-9H,1H2,2-3H3. The van der Waals surface area contributed by atoms with Crippen LogP contribution in [-0.2, 0) is 14.1 Å². The lowest BCUT2D eigenvalue weighted by atomic mass is 10.4. The Morgan fingerprint density at radius 1 is 1.58 bits per heavy atom. The summed E-state index contributed by atoms with van der Waals surface area (Å²) in [5, 5.41) is 0. The Hall–Kier alpha value is -0.480. The maximum Gasteiger partial charge on any atom is 0.332 e. The molecule has 70 valence electrons. The first kappa shape index (κ1) is 11.5.